The van der Waals surface area contributed by atoms with E-state index in [1.165, 1.54) is 11.8 Å². The summed E-state index contributed by atoms with van der Waals surface area (Å²) in [7, 11) is 0. The highest BCUT2D eigenvalue weighted by molar-refractivity contribution is 8.00. The number of anilines is 2. The molecule has 2 aromatic rings. The Morgan fingerprint density at radius 3 is 2.73 bits per heavy atom. The van der Waals surface area contributed by atoms with Gasteiger partial charge in [-0.1, -0.05) is 0 Å². The minimum Gasteiger partial charge on any atom is -0.324 e. The molecule has 6 heteroatoms. The summed E-state index contributed by atoms with van der Waals surface area (Å²) in [5, 5.41) is 5.65. The lowest BCUT2D eigenvalue weighted by atomic mass is 10.1. The smallest absolute Gasteiger partial charge is 0.255 e. The molecule has 0 fully saturated rings. The number of rotatable bonds is 3. The topological polar surface area (TPSA) is 58.2 Å². The predicted molar refractivity (Wildman–Crippen MR) is 92.0 cm³/mol. The molecule has 2 N–H and O–H groups in total. The zero-order valence-electron chi connectivity index (χ0n) is 11.9. The largest absolute Gasteiger partial charge is 0.324 e. The fourth-order valence-corrected chi connectivity index (χ4v) is 3.30. The Morgan fingerprint density at radius 2 is 2.00 bits per heavy atom. The van der Waals surface area contributed by atoms with Gasteiger partial charge in [-0.25, -0.2) is 0 Å². The van der Waals surface area contributed by atoms with Gasteiger partial charge in [0.1, 0.15) is 0 Å². The van der Waals surface area contributed by atoms with Crippen LogP contribution in [0.25, 0.3) is 0 Å². The number of nitrogens with one attached hydrogen (secondary N) is 2. The standard InChI is InChI=1S/C16H14N2O2S2/c1-21-12-5-3-11(4-6-12)17-16(20)10-2-7-14-13(8-10)18-15(19)9-22-14/h2-8H,9H2,1H3,(H,17,20)(H,18,19). The number of hydrogen-bond acceptors (Lipinski definition) is 4. The summed E-state index contributed by atoms with van der Waals surface area (Å²) < 4.78 is 0. The molecule has 2 aromatic carbocycles. The van der Waals surface area contributed by atoms with Crippen LogP contribution < -0.4 is 10.6 Å². The van der Waals surface area contributed by atoms with Gasteiger partial charge in [-0.2, -0.15) is 0 Å². The average molecular weight is 330 g/mol. The number of carbonyl (C=O) groups excluding carboxylic acids is 2. The summed E-state index contributed by atoms with van der Waals surface area (Å²) in [6.45, 7) is 0. The second-order valence-corrected chi connectivity index (χ2v) is 6.63. The van der Waals surface area contributed by atoms with E-state index in [2.05, 4.69) is 10.6 Å². The highest BCUT2D eigenvalue weighted by Gasteiger charge is 2.17. The monoisotopic (exact) mass is 330 g/mol. The minimum absolute atomic E-state index is 0.0392. The summed E-state index contributed by atoms with van der Waals surface area (Å²) in [5.41, 5.74) is 1.97. The summed E-state index contributed by atoms with van der Waals surface area (Å²) in [6.07, 6.45) is 2.01. The first-order chi connectivity index (χ1) is 10.7. The molecule has 4 nitrogen and oxygen atoms in total. The zero-order valence-corrected chi connectivity index (χ0v) is 13.5. The van der Waals surface area contributed by atoms with Gasteiger partial charge in [0.05, 0.1) is 11.4 Å². The second kappa shape index (κ2) is 6.46. The Kier molecular flexibility index (Phi) is 4.40. The molecular formula is C16H14N2O2S2. The Balaban J connectivity index is 1.77. The van der Waals surface area contributed by atoms with Gasteiger partial charge in [-0.3, -0.25) is 9.59 Å². The number of benzene rings is 2. The van der Waals surface area contributed by atoms with Crippen molar-refractivity contribution in [1.82, 2.24) is 0 Å². The summed E-state index contributed by atoms with van der Waals surface area (Å²) in [4.78, 5) is 25.9. The van der Waals surface area contributed by atoms with Gasteiger partial charge in [-0.05, 0) is 48.7 Å². The molecule has 1 heterocycles. The fourth-order valence-electron chi connectivity index (χ4n) is 2.10. The molecule has 0 bridgehead atoms. The van der Waals surface area contributed by atoms with Gasteiger partial charge < -0.3 is 10.6 Å². The van der Waals surface area contributed by atoms with E-state index in [0.717, 1.165) is 15.5 Å². The maximum atomic E-state index is 12.3. The van der Waals surface area contributed by atoms with Crippen molar-refractivity contribution in [3.05, 3.63) is 48.0 Å². The Labute approximate surface area is 137 Å². The van der Waals surface area contributed by atoms with Crippen molar-refractivity contribution in [2.45, 2.75) is 9.79 Å². The molecule has 3 rings (SSSR count). The van der Waals surface area contributed by atoms with E-state index < -0.39 is 0 Å². The molecule has 0 radical (unpaired) electrons. The van der Waals surface area contributed by atoms with Crippen molar-refractivity contribution in [2.24, 2.45) is 0 Å². The van der Waals surface area contributed by atoms with Crippen LogP contribution in [0, 0.1) is 0 Å². The Bertz CT molecular complexity index is 729. The fraction of sp³-hybridized carbons (Fsp3) is 0.125. The molecule has 1 aliphatic heterocycles. The lowest BCUT2D eigenvalue weighted by molar-refractivity contribution is -0.113. The van der Waals surface area contributed by atoms with Crippen LogP contribution in [0.2, 0.25) is 0 Å². The molecule has 22 heavy (non-hydrogen) atoms. The summed E-state index contributed by atoms with van der Waals surface area (Å²) >= 11 is 3.13. The van der Waals surface area contributed by atoms with Crippen LogP contribution >= 0.6 is 23.5 Å². The molecule has 2 amide bonds. The van der Waals surface area contributed by atoms with Crippen LogP contribution in [-0.2, 0) is 4.79 Å². The molecule has 0 aromatic heterocycles. The highest BCUT2D eigenvalue weighted by atomic mass is 32.2. The van der Waals surface area contributed by atoms with E-state index in [1.54, 1.807) is 23.9 Å². The van der Waals surface area contributed by atoms with E-state index in [0.29, 0.717) is 17.0 Å². The molecule has 0 spiro atoms. The number of carbonyl (C=O) groups is 2. The van der Waals surface area contributed by atoms with Crippen molar-refractivity contribution in [3.8, 4) is 0 Å². The predicted octanol–water partition coefficient (Wildman–Crippen LogP) is 3.71. The quantitative estimate of drug-likeness (QED) is 0.843. The van der Waals surface area contributed by atoms with Crippen LogP contribution in [0.3, 0.4) is 0 Å². The number of fused-ring (bicyclic) bond motifs is 1. The third-order valence-corrected chi connectivity index (χ3v) is 5.04. The van der Waals surface area contributed by atoms with Gasteiger partial charge in [0, 0.05) is 21.0 Å². The Morgan fingerprint density at radius 1 is 1.23 bits per heavy atom. The molecule has 0 unspecified atom stereocenters. The zero-order chi connectivity index (χ0) is 15.5. The van der Waals surface area contributed by atoms with Crippen molar-refractivity contribution in [1.29, 1.82) is 0 Å². The number of amides is 2. The minimum atomic E-state index is -0.190. The molecule has 0 atom stereocenters. The number of thioether (sulfide) groups is 2. The highest BCUT2D eigenvalue weighted by Crippen LogP contribution is 2.32. The molecule has 0 saturated heterocycles. The van der Waals surface area contributed by atoms with Crippen LogP contribution in [0.15, 0.2) is 52.3 Å². The van der Waals surface area contributed by atoms with Crippen molar-refractivity contribution in [2.75, 3.05) is 22.6 Å². The Hall–Kier alpha value is -1.92. The lowest BCUT2D eigenvalue weighted by Crippen LogP contribution is -2.19. The van der Waals surface area contributed by atoms with Gasteiger partial charge in [0.25, 0.3) is 5.91 Å². The first kappa shape index (κ1) is 15.0. The third-order valence-electron chi connectivity index (χ3n) is 3.22. The lowest BCUT2D eigenvalue weighted by Gasteiger charge is -2.17. The van der Waals surface area contributed by atoms with Crippen molar-refractivity contribution >= 4 is 46.7 Å². The summed E-state index contributed by atoms with van der Waals surface area (Å²) in [5.74, 6) is 0.188. The van der Waals surface area contributed by atoms with Gasteiger partial charge in [0.2, 0.25) is 5.91 Å². The maximum absolute atomic E-state index is 12.3. The number of hydrogen-bond donors (Lipinski definition) is 2. The van der Waals surface area contributed by atoms with Crippen LogP contribution in [-0.4, -0.2) is 23.8 Å². The van der Waals surface area contributed by atoms with Gasteiger partial charge in [0.15, 0.2) is 0 Å². The molecular weight excluding hydrogens is 316 g/mol. The average Bonchev–Trinajstić information content (AvgIpc) is 2.54. The van der Waals surface area contributed by atoms with E-state index in [4.69, 9.17) is 0 Å². The second-order valence-electron chi connectivity index (χ2n) is 4.73. The van der Waals surface area contributed by atoms with Crippen LogP contribution in [0.5, 0.6) is 0 Å². The van der Waals surface area contributed by atoms with E-state index in [9.17, 15) is 9.59 Å². The van der Waals surface area contributed by atoms with Gasteiger partial charge >= 0.3 is 0 Å². The SMILES string of the molecule is CSc1ccc(NC(=O)c2ccc3c(c2)NC(=O)CS3)cc1. The molecule has 112 valence electrons. The summed E-state index contributed by atoms with van der Waals surface area (Å²) in [6, 6.07) is 13.0. The first-order valence-electron chi connectivity index (χ1n) is 6.68. The van der Waals surface area contributed by atoms with E-state index >= 15 is 0 Å². The van der Waals surface area contributed by atoms with Crippen LogP contribution in [0.4, 0.5) is 11.4 Å². The van der Waals surface area contributed by atoms with E-state index in [-0.39, 0.29) is 11.8 Å². The van der Waals surface area contributed by atoms with E-state index in [1.807, 2.05) is 36.6 Å². The molecule has 0 aliphatic carbocycles. The first-order valence-corrected chi connectivity index (χ1v) is 8.89. The maximum Gasteiger partial charge on any atom is 0.255 e. The van der Waals surface area contributed by atoms with Crippen LogP contribution in [0.1, 0.15) is 10.4 Å². The van der Waals surface area contributed by atoms with Crippen molar-refractivity contribution in [3.63, 3.8) is 0 Å². The van der Waals surface area contributed by atoms with Crippen molar-refractivity contribution < 1.29 is 9.59 Å². The van der Waals surface area contributed by atoms with Gasteiger partial charge in [-0.15, -0.1) is 23.5 Å². The molecule has 1 aliphatic rings. The molecule has 0 saturated carbocycles. The normalized spacial score (nSPS) is 13.2. The third kappa shape index (κ3) is 3.28.